The summed E-state index contributed by atoms with van der Waals surface area (Å²) < 4.78 is 5.34. The van der Waals surface area contributed by atoms with E-state index in [4.69, 9.17) is 4.52 Å². The van der Waals surface area contributed by atoms with E-state index in [9.17, 15) is 4.79 Å². The molecule has 2 aliphatic heterocycles. The Hall–Kier alpha value is -1.47. The zero-order valence-electron chi connectivity index (χ0n) is 14.6. The van der Waals surface area contributed by atoms with Gasteiger partial charge in [-0.2, -0.15) is 4.98 Å². The fraction of sp³-hybridized carbons (Fsp3) is 0.824. The molecular formula is C17H29N5O2. The molecule has 2 unspecified atom stereocenters. The highest BCUT2D eigenvalue weighted by Gasteiger charge is 2.25. The van der Waals surface area contributed by atoms with Crippen LogP contribution in [0.1, 0.15) is 50.7 Å². The minimum atomic E-state index is 0.0140. The highest BCUT2D eigenvalue weighted by molar-refractivity contribution is 5.81. The van der Waals surface area contributed by atoms with Crippen molar-refractivity contribution in [2.75, 3.05) is 26.2 Å². The highest BCUT2D eigenvalue weighted by atomic mass is 16.5. The number of hydrogen-bond donors (Lipinski definition) is 2. The molecule has 0 saturated carbocycles. The summed E-state index contributed by atoms with van der Waals surface area (Å²) in [6.07, 6.45) is 6.27. The van der Waals surface area contributed by atoms with Crippen LogP contribution in [0.4, 0.5) is 0 Å². The van der Waals surface area contributed by atoms with E-state index in [1.54, 1.807) is 0 Å². The van der Waals surface area contributed by atoms with Gasteiger partial charge in [0, 0.05) is 19.5 Å². The van der Waals surface area contributed by atoms with Crippen molar-refractivity contribution in [1.82, 2.24) is 25.7 Å². The smallest absolute Gasteiger partial charge is 0.240 e. The Bertz CT molecular complexity index is 527. The van der Waals surface area contributed by atoms with E-state index in [2.05, 4.69) is 32.6 Å². The fourth-order valence-corrected chi connectivity index (χ4v) is 3.61. The van der Waals surface area contributed by atoms with Crippen LogP contribution < -0.4 is 10.6 Å². The van der Waals surface area contributed by atoms with Crippen LogP contribution in [0.25, 0.3) is 0 Å². The molecule has 3 rings (SSSR count). The minimum Gasteiger partial charge on any atom is -0.354 e. The van der Waals surface area contributed by atoms with E-state index in [0.29, 0.717) is 18.4 Å². The summed E-state index contributed by atoms with van der Waals surface area (Å²) in [4.78, 5) is 18.9. The number of aryl methyl sites for hydroxylation is 1. The first-order valence-electron chi connectivity index (χ1n) is 9.29. The van der Waals surface area contributed by atoms with Crippen molar-refractivity contribution in [3.8, 4) is 0 Å². The summed E-state index contributed by atoms with van der Waals surface area (Å²) in [7, 11) is 0. The van der Waals surface area contributed by atoms with Gasteiger partial charge in [-0.15, -0.1) is 0 Å². The SMILES string of the molecule is CCCc1noc(CN2CCCC(CNC(=O)C3CCCN3)C2)n1. The van der Waals surface area contributed by atoms with Gasteiger partial charge in [0.25, 0.3) is 0 Å². The van der Waals surface area contributed by atoms with Crippen LogP contribution in [0.3, 0.4) is 0 Å². The predicted molar refractivity (Wildman–Crippen MR) is 90.3 cm³/mol. The maximum absolute atomic E-state index is 12.1. The molecule has 2 atom stereocenters. The first-order chi connectivity index (χ1) is 11.7. The molecule has 1 amide bonds. The Morgan fingerprint density at radius 3 is 3.12 bits per heavy atom. The molecule has 2 N–H and O–H groups in total. The molecule has 1 aromatic rings. The zero-order valence-corrected chi connectivity index (χ0v) is 14.6. The van der Waals surface area contributed by atoms with Crippen molar-refractivity contribution < 1.29 is 9.32 Å². The second-order valence-electron chi connectivity index (χ2n) is 6.99. The highest BCUT2D eigenvalue weighted by Crippen LogP contribution is 2.18. The van der Waals surface area contributed by atoms with Gasteiger partial charge in [-0.25, -0.2) is 0 Å². The third-order valence-corrected chi connectivity index (χ3v) is 4.89. The molecule has 0 bridgehead atoms. The van der Waals surface area contributed by atoms with Gasteiger partial charge in [0.05, 0.1) is 12.6 Å². The van der Waals surface area contributed by atoms with Crippen molar-refractivity contribution in [3.05, 3.63) is 11.7 Å². The predicted octanol–water partition coefficient (Wildman–Crippen LogP) is 1.10. The molecular weight excluding hydrogens is 306 g/mol. The van der Waals surface area contributed by atoms with Crippen molar-refractivity contribution in [1.29, 1.82) is 0 Å². The average Bonchev–Trinajstić information content (AvgIpc) is 3.26. The number of amides is 1. The van der Waals surface area contributed by atoms with Gasteiger partial charge in [0.15, 0.2) is 5.82 Å². The maximum atomic E-state index is 12.1. The third-order valence-electron chi connectivity index (χ3n) is 4.89. The van der Waals surface area contributed by atoms with Gasteiger partial charge in [-0.05, 0) is 51.1 Å². The van der Waals surface area contributed by atoms with Gasteiger partial charge in [-0.1, -0.05) is 12.1 Å². The maximum Gasteiger partial charge on any atom is 0.240 e. The number of carbonyl (C=O) groups excluding carboxylic acids is 1. The molecule has 1 aromatic heterocycles. The molecule has 0 radical (unpaired) electrons. The van der Waals surface area contributed by atoms with Crippen molar-refractivity contribution in [3.63, 3.8) is 0 Å². The Balaban J connectivity index is 1.42. The van der Waals surface area contributed by atoms with Crippen molar-refractivity contribution in [2.45, 2.75) is 58.0 Å². The normalized spacial score (nSPS) is 25.0. The van der Waals surface area contributed by atoms with Gasteiger partial charge < -0.3 is 15.2 Å². The quantitative estimate of drug-likeness (QED) is 0.776. The Labute approximate surface area is 143 Å². The molecule has 0 aliphatic carbocycles. The molecule has 3 heterocycles. The summed E-state index contributed by atoms with van der Waals surface area (Å²) in [5.41, 5.74) is 0. The second kappa shape index (κ2) is 8.58. The average molecular weight is 335 g/mol. The first-order valence-corrected chi connectivity index (χ1v) is 9.29. The van der Waals surface area contributed by atoms with Gasteiger partial charge in [-0.3, -0.25) is 9.69 Å². The zero-order chi connectivity index (χ0) is 16.8. The second-order valence-corrected chi connectivity index (χ2v) is 6.99. The van der Waals surface area contributed by atoms with Crippen LogP contribution in [-0.2, 0) is 17.8 Å². The molecule has 134 valence electrons. The van der Waals surface area contributed by atoms with Crippen LogP contribution in [0.2, 0.25) is 0 Å². The lowest BCUT2D eigenvalue weighted by Gasteiger charge is -2.32. The molecule has 0 aromatic carbocycles. The van der Waals surface area contributed by atoms with Crippen LogP contribution in [-0.4, -0.2) is 53.2 Å². The van der Waals surface area contributed by atoms with Gasteiger partial charge >= 0.3 is 0 Å². The molecule has 2 aliphatic rings. The largest absolute Gasteiger partial charge is 0.354 e. The Morgan fingerprint density at radius 1 is 1.42 bits per heavy atom. The lowest BCUT2D eigenvalue weighted by atomic mass is 9.98. The third kappa shape index (κ3) is 4.77. The fourth-order valence-electron chi connectivity index (χ4n) is 3.61. The number of aromatic nitrogens is 2. The lowest BCUT2D eigenvalue weighted by molar-refractivity contribution is -0.123. The van der Waals surface area contributed by atoms with Crippen LogP contribution >= 0.6 is 0 Å². The van der Waals surface area contributed by atoms with Crippen LogP contribution in [0.15, 0.2) is 4.52 Å². The lowest BCUT2D eigenvalue weighted by Crippen LogP contribution is -2.45. The topological polar surface area (TPSA) is 83.3 Å². The number of nitrogens with zero attached hydrogens (tertiary/aromatic N) is 3. The molecule has 2 saturated heterocycles. The van der Waals surface area contributed by atoms with Crippen LogP contribution in [0, 0.1) is 5.92 Å². The first kappa shape index (κ1) is 17.4. The number of hydrogen-bond acceptors (Lipinski definition) is 6. The summed E-state index contributed by atoms with van der Waals surface area (Å²) in [6, 6.07) is 0.0140. The van der Waals surface area contributed by atoms with Crippen molar-refractivity contribution >= 4 is 5.91 Å². The molecule has 7 heteroatoms. The molecule has 2 fully saturated rings. The number of likely N-dealkylation sites (tertiary alicyclic amines) is 1. The van der Waals surface area contributed by atoms with E-state index in [-0.39, 0.29) is 11.9 Å². The summed E-state index contributed by atoms with van der Waals surface area (Å²) >= 11 is 0. The number of nitrogens with one attached hydrogen (secondary N) is 2. The summed E-state index contributed by atoms with van der Waals surface area (Å²) in [6.45, 7) is 6.58. The number of carbonyl (C=O) groups is 1. The van der Waals surface area contributed by atoms with Gasteiger partial charge in [0.2, 0.25) is 11.8 Å². The van der Waals surface area contributed by atoms with E-state index >= 15 is 0 Å². The summed E-state index contributed by atoms with van der Waals surface area (Å²) in [5.74, 6) is 2.17. The molecule has 0 spiro atoms. The van der Waals surface area contributed by atoms with E-state index in [1.807, 2.05) is 0 Å². The minimum absolute atomic E-state index is 0.0140. The van der Waals surface area contributed by atoms with E-state index in [1.165, 1.54) is 6.42 Å². The van der Waals surface area contributed by atoms with Crippen LogP contribution in [0.5, 0.6) is 0 Å². The number of rotatable bonds is 7. The molecule has 24 heavy (non-hydrogen) atoms. The van der Waals surface area contributed by atoms with E-state index in [0.717, 1.165) is 64.1 Å². The summed E-state index contributed by atoms with van der Waals surface area (Å²) in [5, 5.41) is 10.4. The Morgan fingerprint density at radius 2 is 2.33 bits per heavy atom. The standard InChI is InChI=1S/C17H29N5O2/c1-2-5-15-20-16(24-21-15)12-22-9-4-6-13(11-22)10-19-17(23)14-7-3-8-18-14/h13-14,18H,2-12H2,1H3,(H,19,23). The molecule has 7 nitrogen and oxygen atoms in total. The number of piperidine rings is 1. The Kier molecular flexibility index (Phi) is 6.20. The van der Waals surface area contributed by atoms with Gasteiger partial charge in [0.1, 0.15) is 0 Å². The monoisotopic (exact) mass is 335 g/mol. The van der Waals surface area contributed by atoms with E-state index < -0.39 is 0 Å². The van der Waals surface area contributed by atoms with Crippen molar-refractivity contribution in [2.24, 2.45) is 5.92 Å².